The molecule has 4 heteroatoms. The Morgan fingerprint density at radius 2 is 0.635 bits per heavy atom. The standard InChI is InChI=1S/2C15H13.2C15H14.2C5H5.2ClH.2Zr/c2*1-10-3-5-14-12(7-10)9-13-8-11(2)4-6-15(13)14;2*1-12-3-7-14(8-4-12)11-15-9-5-13(2)6-10-15;2*1-2-4-5-3-1;;;;/h2*3-7H,9H2,1-2H3;2*3-10H,1-2H3;2*1-3H,4H2;2*1H;;/q2*-1;;;2*-1;;;2*+2/p-2. The van der Waals surface area contributed by atoms with Crippen LogP contribution in [0, 0.1) is 79.7 Å². The second-order valence-corrected chi connectivity index (χ2v) is 21.4. The van der Waals surface area contributed by atoms with Gasteiger partial charge in [0.15, 0.2) is 0 Å². The van der Waals surface area contributed by atoms with Crippen molar-refractivity contribution >= 4 is 6.41 Å². The molecule has 0 bridgehead atoms. The Hall–Kier alpha value is -5.19. The summed E-state index contributed by atoms with van der Waals surface area (Å²) in [4.78, 5) is 0. The maximum absolute atomic E-state index is 3.45. The normalized spacial score (nSPS) is 11.8. The summed E-state index contributed by atoms with van der Waals surface area (Å²) in [5.41, 5.74) is 26.9. The number of aryl methyl sites for hydroxylation is 8. The summed E-state index contributed by atoms with van der Waals surface area (Å²) in [7, 11) is 0. The number of benzene rings is 8. The SMILES string of the molecule is Cc1[c-]c2c(cc1)-c1ccc(C)cc1C2.Cc1[c-]c2c(cc1)-c1ccc(C)cc1C2.Cc1ccc([C](=[Zr+2])c2ccc(C)cc2)cc1.Cc1ccc([C](=[Zr+2])c2ccc(C)cc2)cc1.[C-]1=CC=CC1.[C-]1=CC=CC1.[Cl-].[Cl-]. The Morgan fingerprint density at radius 3 is 0.892 bits per heavy atom. The van der Waals surface area contributed by atoms with E-state index in [4.69, 9.17) is 0 Å². The summed E-state index contributed by atoms with van der Waals surface area (Å²) in [6.45, 7) is 17.0. The number of hydrogen-bond donors (Lipinski definition) is 0. The minimum atomic E-state index is 0. The summed E-state index contributed by atoms with van der Waals surface area (Å²) in [5, 5.41) is 0. The van der Waals surface area contributed by atoms with E-state index in [1.165, 1.54) is 166 Å². The number of rotatable bonds is 4. The summed E-state index contributed by atoms with van der Waals surface area (Å²) >= 11 is 2.93. The van der Waals surface area contributed by atoms with Crippen LogP contribution in [0.15, 0.2) is 194 Å². The molecule has 8 aromatic carbocycles. The van der Waals surface area contributed by atoms with E-state index in [1.54, 1.807) is 0 Å². The number of allylic oxidation sites excluding steroid dienone is 8. The van der Waals surface area contributed by atoms with Gasteiger partial charge in [0.25, 0.3) is 0 Å². The molecule has 0 amide bonds. The van der Waals surface area contributed by atoms with E-state index in [2.05, 4.69) is 250 Å². The second-order valence-electron chi connectivity index (χ2n) is 19.0. The van der Waals surface area contributed by atoms with Crippen molar-refractivity contribution in [1.29, 1.82) is 0 Å². The van der Waals surface area contributed by atoms with Gasteiger partial charge in [-0.25, -0.2) is 24.3 Å². The molecule has 368 valence electrons. The average molecular weight is 1160 g/mol. The molecule has 8 aromatic rings. The van der Waals surface area contributed by atoms with Gasteiger partial charge in [0, 0.05) is 0 Å². The van der Waals surface area contributed by atoms with Gasteiger partial charge in [-0.2, -0.15) is 59.7 Å². The van der Waals surface area contributed by atoms with Crippen molar-refractivity contribution in [1.82, 2.24) is 0 Å². The summed E-state index contributed by atoms with van der Waals surface area (Å²) in [5.74, 6) is 0. The largest absolute Gasteiger partial charge is 1.00 e. The van der Waals surface area contributed by atoms with Crippen LogP contribution in [0.4, 0.5) is 0 Å². The number of hydrogen-bond acceptors (Lipinski definition) is 0. The quantitative estimate of drug-likeness (QED) is 0.154. The van der Waals surface area contributed by atoms with E-state index in [0.29, 0.717) is 0 Å². The minimum Gasteiger partial charge on any atom is -1.00 e. The van der Waals surface area contributed by atoms with Gasteiger partial charge >= 0.3 is 224 Å². The van der Waals surface area contributed by atoms with Crippen molar-refractivity contribution < 1.29 is 73.3 Å². The zero-order valence-corrected chi connectivity index (χ0v) is 50.5. The van der Waals surface area contributed by atoms with Gasteiger partial charge in [-0.3, -0.25) is 12.2 Å². The molecule has 0 radical (unpaired) electrons. The Kier molecular flexibility index (Phi) is 24.0. The molecule has 4 aliphatic carbocycles. The Labute approximate surface area is 486 Å². The third kappa shape index (κ3) is 17.4. The first-order valence-electron chi connectivity index (χ1n) is 24.9. The van der Waals surface area contributed by atoms with Crippen LogP contribution < -0.4 is 24.8 Å². The van der Waals surface area contributed by atoms with Crippen molar-refractivity contribution in [2.24, 2.45) is 0 Å². The molecule has 0 saturated heterocycles. The predicted octanol–water partition coefficient (Wildman–Crippen LogP) is 10.8. The fourth-order valence-electron chi connectivity index (χ4n) is 8.63. The molecule has 74 heavy (non-hydrogen) atoms. The van der Waals surface area contributed by atoms with Crippen LogP contribution in [-0.4, -0.2) is 6.41 Å². The molecule has 0 atom stereocenters. The first-order valence-corrected chi connectivity index (χ1v) is 27.4. The molecule has 0 aliphatic heterocycles. The fraction of sp³-hybridized carbons (Fsp3) is 0.171. The minimum absolute atomic E-state index is 0. The predicted molar refractivity (Wildman–Crippen MR) is 300 cm³/mol. The molecule has 0 spiro atoms. The molecule has 12 rings (SSSR count). The molecule has 0 aromatic heterocycles. The molecule has 0 unspecified atom stereocenters. The van der Waals surface area contributed by atoms with E-state index >= 15 is 0 Å². The van der Waals surface area contributed by atoms with Gasteiger partial charge in [-0.1, -0.05) is 72.5 Å². The first kappa shape index (κ1) is 59.7. The van der Waals surface area contributed by atoms with Crippen molar-refractivity contribution in [3.8, 4) is 22.3 Å². The van der Waals surface area contributed by atoms with E-state index in [-0.39, 0.29) is 24.8 Å². The fourth-order valence-corrected chi connectivity index (χ4v) is 10.3. The van der Waals surface area contributed by atoms with E-state index in [9.17, 15) is 0 Å². The average Bonchev–Trinajstić information content (AvgIpc) is 4.25. The molecular weight excluding hydrogens is 1090 g/mol. The van der Waals surface area contributed by atoms with Crippen LogP contribution in [0.5, 0.6) is 0 Å². The van der Waals surface area contributed by atoms with E-state index < -0.39 is 0 Å². The van der Waals surface area contributed by atoms with Crippen LogP contribution in [0.2, 0.25) is 0 Å². The molecule has 0 saturated carbocycles. The van der Waals surface area contributed by atoms with Crippen molar-refractivity contribution in [2.75, 3.05) is 0 Å². The van der Waals surface area contributed by atoms with Gasteiger partial charge in [0.05, 0.1) is 0 Å². The molecule has 0 heterocycles. The van der Waals surface area contributed by atoms with Crippen molar-refractivity contribution in [2.45, 2.75) is 81.1 Å². The summed E-state index contributed by atoms with van der Waals surface area (Å²) < 4.78 is 2.85. The zero-order valence-electron chi connectivity index (χ0n) is 44.1. The maximum Gasteiger partial charge on any atom is -0.109 e. The van der Waals surface area contributed by atoms with Crippen molar-refractivity contribution in [3.05, 3.63) is 307 Å². The van der Waals surface area contributed by atoms with Crippen LogP contribution >= 0.6 is 0 Å². The van der Waals surface area contributed by atoms with Gasteiger partial charge in [-0.15, -0.1) is 35.1 Å². The van der Waals surface area contributed by atoms with Gasteiger partial charge in [0.1, 0.15) is 0 Å². The van der Waals surface area contributed by atoms with Crippen LogP contribution in [0.3, 0.4) is 0 Å². The summed E-state index contributed by atoms with van der Waals surface area (Å²) in [6.07, 6.45) is 22.1. The van der Waals surface area contributed by atoms with E-state index in [0.717, 1.165) is 25.7 Å². The van der Waals surface area contributed by atoms with E-state index in [1.807, 2.05) is 24.3 Å². The smallest absolute Gasteiger partial charge is 0.109 e. The first-order chi connectivity index (χ1) is 34.8. The molecule has 4 aliphatic rings. The Morgan fingerprint density at radius 1 is 0.351 bits per heavy atom. The molecule has 0 N–H and O–H groups in total. The monoisotopic (exact) mass is 1150 g/mol. The van der Waals surface area contributed by atoms with Crippen LogP contribution in [0.25, 0.3) is 22.3 Å². The zero-order chi connectivity index (χ0) is 51.0. The van der Waals surface area contributed by atoms with Crippen LogP contribution in [-0.2, 0) is 61.3 Å². The topological polar surface area (TPSA) is 0 Å². The molecule has 0 nitrogen and oxygen atoms in total. The van der Waals surface area contributed by atoms with Crippen LogP contribution in [0.1, 0.15) is 102 Å². The third-order valence-corrected chi connectivity index (χ3v) is 15.6. The van der Waals surface area contributed by atoms with Gasteiger partial charge in [-0.05, 0) is 37.8 Å². The van der Waals surface area contributed by atoms with Crippen molar-refractivity contribution in [3.63, 3.8) is 0 Å². The number of halogens is 2. The molecule has 0 fully saturated rings. The molecular formula is C70H64Cl2Zr2-2. The van der Waals surface area contributed by atoms with Gasteiger partial charge < -0.3 is 24.8 Å². The summed E-state index contributed by atoms with van der Waals surface area (Å²) in [6, 6.07) is 64.1. The third-order valence-electron chi connectivity index (χ3n) is 12.7. The Bertz CT molecular complexity index is 2820. The Balaban J connectivity index is 0.000000170. The second kappa shape index (κ2) is 29.8. The maximum atomic E-state index is 3.45. The van der Waals surface area contributed by atoms with Gasteiger partial charge in [0.2, 0.25) is 0 Å². The number of fused-ring (bicyclic) bond motifs is 6.